The second-order valence-electron chi connectivity index (χ2n) is 4.98. The first-order valence-electron chi connectivity index (χ1n) is 7.00. The van der Waals surface area contributed by atoms with Crippen molar-refractivity contribution in [1.29, 1.82) is 0 Å². The number of phenols is 1. The standard InChI is InChI=1S/C16H13FN2O4S2/c1-23-11-4-7-13(15(20)8-11)14-9-24-16(18-14)19-25(21,22)12-5-2-10(17)3-6-12/h2-9,20H,1H3,(H,18,19). The van der Waals surface area contributed by atoms with E-state index < -0.39 is 15.8 Å². The van der Waals surface area contributed by atoms with Crippen LogP contribution in [0.2, 0.25) is 0 Å². The van der Waals surface area contributed by atoms with Gasteiger partial charge in [-0.3, -0.25) is 4.72 Å². The van der Waals surface area contributed by atoms with Gasteiger partial charge >= 0.3 is 0 Å². The maximum Gasteiger partial charge on any atom is 0.263 e. The molecule has 0 aliphatic heterocycles. The number of nitrogens with one attached hydrogen (secondary N) is 1. The summed E-state index contributed by atoms with van der Waals surface area (Å²) in [4.78, 5) is 4.11. The Morgan fingerprint density at radius 3 is 2.56 bits per heavy atom. The van der Waals surface area contributed by atoms with E-state index in [9.17, 15) is 17.9 Å². The van der Waals surface area contributed by atoms with E-state index in [-0.39, 0.29) is 15.8 Å². The SMILES string of the molecule is COc1ccc(-c2csc(NS(=O)(=O)c3ccc(F)cc3)n2)c(O)c1. The summed E-state index contributed by atoms with van der Waals surface area (Å²) < 4.78 is 44.8. The van der Waals surface area contributed by atoms with Crippen LogP contribution in [0.1, 0.15) is 0 Å². The Hall–Kier alpha value is -2.65. The van der Waals surface area contributed by atoms with Gasteiger partial charge in [-0.2, -0.15) is 0 Å². The van der Waals surface area contributed by atoms with Crippen molar-refractivity contribution in [3.8, 4) is 22.8 Å². The summed E-state index contributed by atoms with van der Waals surface area (Å²) >= 11 is 1.07. The number of phenolic OH excluding ortho intramolecular Hbond substituents is 1. The summed E-state index contributed by atoms with van der Waals surface area (Å²) in [5, 5.41) is 11.8. The van der Waals surface area contributed by atoms with Gasteiger partial charge in [0, 0.05) is 17.0 Å². The van der Waals surface area contributed by atoms with Crippen LogP contribution in [0, 0.1) is 5.82 Å². The van der Waals surface area contributed by atoms with Crippen molar-refractivity contribution in [2.75, 3.05) is 11.8 Å². The zero-order chi connectivity index (χ0) is 18.0. The minimum atomic E-state index is -3.87. The Kier molecular flexibility index (Phi) is 4.60. The van der Waals surface area contributed by atoms with Gasteiger partial charge in [-0.05, 0) is 36.4 Å². The average Bonchev–Trinajstić information content (AvgIpc) is 3.02. The van der Waals surface area contributed by atoms with E-state index in [4.69, 9.17) is 4.74 Å². The summed E-state index contributed by atoms with van der Waals surface area (Å²) in [7, 11) is -2.39. The molecule has 3 aromatic rings. The Labute approximate surface area is 147 Å². The van der Waals surface area contributed by atoms with Gasteiger partial charge in [0.25, 0.3) is 10.0 Å². The van der Waals surface area contributed by atoms with Gasteiger partial charge in [0.05, 0.1) is 17.7 Å². The monoisotopic (exact) mass is 380 g/mol. The molecule has 0 saturated heterocycles. The van der Waals surface area contributed by atoms with Gasteiger partial charge in [0.15, 0.2) is 5.13 Å². The van der Waals surface area contributed by atoms with Crippen LogP contribution in [0.3, 0.4) is 0 Å². The Morgan fingerprint density at radius 2 is 1.92 bits per heavy atom. The number of hydrogen-bond acceptors (Lipinski definition) is 6. The number of thiazole rings is 1. The average molecular weight is 380 g/mol. The number of methoxy groups -OCH3 is 1. The summed E-state index contributed by atoms with van der Waals surface area (Å²) in [6, 6.07) is 9.20. The van der Waals surface area contributed by atoms with Crippen molar-refractivity contribution in [2.45, 2.75) is 4.90 Å². The van der Waals surface area contributed by atoms with Gasteiger partial charge < -0.3 is 9.84 Å². The number of hydrogen-bond donors (Lipinski definition) is 2. The number of aromatic hydroxyl groups is 1. The second kappa shape index (κ2) is 6.69. The summed E-state index contributed by atoms with van der Waals surface area (Å²) in [5.41, 5.74) is 0.867. The lowest BCUT2D eigenvalue weighted by Gasteiger charge is -2.05. The molecule has 0 bridgehead atoms. The Balaban J connectivity index is 1.85. The third-order valence-corrected chi connectivity index (χ3v) is 5.57. The molecule has 1 aromatic heterocycles. The van der Waals surface area contributed by atoms with Crippen LogP contribution in [0.5, 0.6) is 11.5 Å². The fraction of sp³-hybridized carbons (Fsp3) is 0.0625. The first-order valence-corrected chi connectivity index (χ1v) is 9.36. The largest absolute Gasteiger partial charge is 0.507 e. The van der Waals surface area contributed by atoms with Crippen LogP contribution in [-0.2, 0) is 10.0 Å². The zero-order valence-electron chi connectivity index (χ0n) is 12.9. The van der Waals surface area contributed by atoms with Crippen molar-refractivity contribution in [2.24, 2.45) is 0 Å². The molecule has 2 N–H and O–H groups in total. The van der Waals surface area contributed by atoms with Crippen molar-refractivity contribution < 1.29 is 22.7 Å². The zero-order valence-corrected chi connectivity index (χ0v) is 14.6. The van der Waals surface area contributed by atoms with Gasteiger partial charge in [-0.25, -0.2) is 17.8 Å². The number of aromatic nitrogens is 1. The van der Waals surface area contributed by atoms with Crippen LogP contribution in [-0.4, -0.2) is 25.6 Å². The highest BCUT2D eigenvalue weighted by atomic mass is 32.2. The fourth-order valence-corrected chi connectivity index (χ4v) is 4.05. The maximum absolute atomic E-state index is 12.9. The van der Waals surface area contributed by atoms with Crippen LogP contribution in [0.4, 0.5) is 9.52 Å². The lowest BCUT2D eigenvalue weighted by atomic mass is 10.1. The van der Waals surface area contributed by atoms with E-state index in [1.165, 1.54) is 25.3 Å². The molecule has 9 heteroatoms. The molecule has 6 nitrogen and oxygen atoms in total. The number of halogens is 1. The Morgan fingerprint density at radius 1 is 1.20 bits per heavy atom. The molecule has 2 aromatic carbocycles. The van der Waals surface area contributed by atoms with E-state index in [0.29, 0.717) is 17.0 Å². The number of ether oxygens (including phenoxy) is 1. The van der Waals surface area contributed by atoms with E-state index in [0.717, 1.165) is 23.5 Å². The number of anilines is 1. The first-order chi connectivity index (χ1) is 11.9. The van der Waals surface area contributed by atoms with Crippen molar-refractivity contribution in [3.05, 3.63) is 53.7 Å². The molecular formula is C16H13FN2O4S2. The molecule has 0 spiro atoms. The smallest absolute Gasteiger partial charge is 0.263 e. The lowest BCUT2D eigenvalue weighted by molar-refractivity contribution is 0.408. The van der Waals surface area contributed by atoms with Gasteiger partial charge in [0.1, 0.15) is 17.3 Å². The third kappa shape index (κ3) is 3.72. The summed E-state index contributed by atoms with van der Waals surface area (Å²) in [6.07, 6.45) is 0. The minimum absolute atomic E-state index is 0.0300. The molecule has 0 aliphatic rings. The maximum atomic E-state index is 12.9. The van der Waals surface area contributed by atoms with E-state index in [1.54, 1.807) is 17.5 Å². The van der Waals surface area contributed by atoms with Gasteiger partial charge in [0.2, 0.25) is 0 Å². The van der Waals surface area contributed by atoms with Gasteiger partial charge in [-0.1, -0.05) is 0 Å². The van der Waals surface area contributed by atoms with Crippen LogP contribution in [0.15, 0.2) is 52.7 Å². The van der Waals surface area contributed by atoms with Crippen molar-refractivity contribution >= 4 is 26.5 Å². The normalized spacial score (nSPS) is 11.3. The number of rotatable bonds is 5. The highest BCUT2D eigenvalue weighted by Crippen LogP contribution is 2.34. The second-order valence-corrected chi connectivity index (χ2v) is 7.52. The van der Waals surface area contributed by atoms with E-state index in [2.05, 4.69) is 9.71 Å². The number of nitrogens with zero attached hydrogens (tertiary/aromatic N) is 1. The molecule has 0 fully saturated rings. The van der Waals surface area contributed by atoms with E-state index >= 15 is 0 Å². The molecule has 0 aliphatic carbocycles. The molecule has 0 unspecified atom stereocenters. The molecule has 0 amide bonds. The highest BCUT2D eigenvalue weighted by Gasteiger charge is 2.17. The van der Waals surface area contributed by atoms with E-state index in [1.807, 2.05) is 0 Å². The van der Waals surface area contributed by atoms with Gasteiger partial charge in [-0.15, -0.1) is 11.3 Å². The predicted molar refractivity (Wildman–Crippen MR) is 93.0 cm³/mol. The van der Waals surface area contributed by atoms with Crippen LogP contribution < -0.4 is 9.46 Å². The summed E-state index contributed by atoms with van der Waals surface area (Å²) in [5.74, 6) is -0.0585. The molecule has 3 rings (SSSR count). The number of benzene rings is 2. The molecule has 0 saturated carbocycles. The lowest BCUT2D eigenvalue weighted by Crippen LogP contribution is -2.12. The van der Waals surface area contributed by atoms with Crippen LogP contribution >= 0.6 is 11.3 Å². The summed E-state index contributed by atoms with van der Waals surface area (Å²) in [6.45, 7) is 0. The topological polar surface area (TPSA) is 88.5 Å². The molecule has 25 heavy (non-hydrogen) atoms. The van der Waals surface area contributed by atoms with Crippen molar-refractivity contribution in [1.82, 2.24) is 4.98 Å². The molecule has 130 valence electrons. The quantitative estimate of drug-likeness (QED) is 0.708. The molecule has 1 heterocycles. The number of sulfonamides is 1. The first kappa shape index (κ1) is 17.2. The van der Waals surface area contributed by atoms with Crippen LogP contribution in [0.25, 0.3) is 11.3 Å². The van der Waals surface area contributed by atoms with Crippen molar-refractivity contribution in [3.63, 3.8) is 0 Å². The molecular weight excluding hydrogens is 367 g/mol. The fourth-order valence-electron chi connectivity index (χ4n) is 2.09. The Bertz CT molecular complexity index is 1000. The minimum Gasteiger partial charge on any atom is -0.507 e. The predicted octanol–water partition coefficient (Wildman–Crippen LogP) is 3.46. The molecule has 0 atom stereocenters. The highest BCUT2D eigenvalue weighted by molar-refractivity contribution is 7.93. The molecule has 0 radical (unpaired) electrons. The third-order valence-electron chi connectivity index (χ3n) is 3.33.